The molecule has 21 heavy (non-hydrogen) atoms. The van der Waals surface area contributed by atoms with Crippen LogP contribution in [0.15, 0.2) is 54.6 Å². The summed E-state index contributed by atoms with van der Waals surface area (Å²) >= 11 is 0. The van der Waals surface area contributed by atoms with E-state index in [0.717, 1.165) is 6.42 Å². The highest BCUT2D eigenvalue weighted by atomic mass is 16.6. The Balaban J connectivity index is 1.71. The fraction of sp³-hybridized carbons (Fsp3) is 0.368. The molecule has 0 aromatic heterocycles. The van der Waals surface area contributed by atoms with Crippen molar-refractivity contribution in [2.75, 3.05) is 0 Å². The number of aryl methyl sites for hydroxylation is 1. The van der Waals surface area contributed by atoms with Gasteiger partial charge in [-0.25, -0.2) is 0 Å². The average molecular weight is 281 g/mol. The minimum atomic E-state index is 0.199. The lowest BCUT2D eigenvalue weighted by Gasteiger charge is -2.40. The van der Waals surface area contributed by atoms with Crippen LogP contribution in [0.4, 0.5) is 0 Å². The van der Waals surface area contributed by atoms with Crippen molar-refractivity contribution in [3.63, 3.8) is 0 Å². The number of nitrogens with one attached hydrogen (secondary N) is 1. The van der Waals surface area contributed by atoms with Crippen molar-refractivity contribution in [1.82, 2.24) is 5.48 Å². The zero-order chi connectivity index (χ0) is 14.7. The number of benzene rings is 2. The number of rotatable bonds is 4. The first-order chi connectivity index (χ1) is 10.2. The zero-order valence-corrected chi connectivity index (χ0v) is 12.8. The van der Waals surface area contributed by atoms with Gasteiger partial charge >= 0.3 is 0 Å². The summed E-state index contributed by atoms with van der Waals surface area (Å²) < 4.78 is 0. The molecule has 0 aliphatic heterocycles. The van der Waals surface area contributed by atoms with Gasteiger partial charge in [-0.2, -0.15) is 5.48 Å². The molecule has 0 heterocycles. The van der Waals surface area contributed by atoms with E-state index in [0.29, 0.717) is 6.61 Å². The summed E-state index contributed by atoms with van der Waals surface area (Å²) in [5.41, 5.74) is 7.52. The number of hydrogen-bond acceptors (Lipinski definition) is 2. The first-order valence-corrected chi connectivity index (χ1v) is 7.66. The van der Waals surface area contributed by atoms with Crippen molar-refractivity contribution >= 4 is 0 Å². The minimum Gasteiger partial charge on any atom is -0.296 e. The third-order valence-corrected chi connectivity index (χ3v) is 4.47. The van der Waals surface area contributed by atoms with Crippen LogP contribution in [-0.2, 0) is 17.9 Å². The number of hydrogen-bond donors (Lipinski definition) is 1. The fourth-order valence-corrected chi connectivity index (χ4v) is 3.07. The van der Waals surface area contributed by atoms with Crippen molar-refractivity contribution < 1.29 is 4.84 Å². The molecule has 0 fully saturated rings. The predicted molar refractivity (Wildman–Crippen MR) is 85.7 cm³/mol. The van der Waals surface area contributed by atoms with Crippen molar-refractivity contribution in [3.8, 4) is 0 Å². The molecule has 2 heteroatoms. The molecule has 0 saturated carbocycles. The smallest absolute Gasteiger partial charge is 0.0933 e. The molecule has 0 radical (unpaired) electrons. The van der Waals surface area contributed by atoms with Crippen molar-refractivity contribution in [1.29, 1.82) is 0 Å². The Morgan fingerprint density at radius 2 is 1.76 bits per heavy atom. The van der Waals surface area contributed by atoms with Crippen LogP contribution >= 0.6 is 0 Å². The van der Waals surface area contributed by atoms with Gasteiger partial charge in [-0.1, -0.05) is 68.4 Å². The largest absolute Gasteiger partial charge is 0.296 e. The Hall–Kier alpha value is -1.64. The maximum Gasteiger partial charge on any atom is 0.0933 e. The summed E-state index contributed by atoms with van der Waals surface area (Å²) in [4.78, 5) is 5.80. The Kier molecular flexibility index (Phi) is 4.09. The Morgan fingerprint density at radius 1 is 1.05 bits per heavy atom. The molecule has 110 valence electrons. The van der Waals surface area contributed by atoms with E-state index in [1.807, 2.05) is 18.2 Å². The van der Waals surface area contributed by atoms with E-state index in [1.165, 1.54) is 23.1 Å². The lowest BCUT2D eigenvalue weighted by Crippen LogP contribution is -2.38. The highest BCUT2D eigenvalue weighted by molar-refractivity contribution is 5.33. The third kappa shape index (κ3) is 3.17. The zero-order valence-electron chi connectivity index (χ0n) is 12.8. The lowest BCUT2D eigenvalue weighted by molar-refractivity contribution is -0.0324. The van der Waals surface area contributed by atoms with E-state index in [2.05, 4.69) is 55.7 Å². The van der Waals surface area contributed by atoms with Crippen LogP contribution in [0.2, 0.25) is 0 Å². The van der Waals surface area contributed by atoms with Crippen LogP contribution in [0.5, 0.6) is 0 Å². The number of hydroxylamine groups is 1. The highest BCUT2D eigenvalue weighted by Crippen LogP contribution is 2.43. The van der Waals surface area contributed by atoms with Crippen LogP contribution in [0, 0.1) is 5.41 Å². The molecule has 1 atom stereocenters. The van der Waals surface area contributed by atoms with Crippen molar-refractivity contribution in [2.24, 2.45) is 5.41 Å². The second kappa shape index (κ2) is 6.00. The van der Waals surface area contributed by atoms with E-state index in [-0.39, 0.29) is 11.5 Å². The number of fused-ring (bicyclic) bond motifs is 1. The molecule has 0 amide bonds. The van der Waals surface area contributed by atoms with Gasteiger partial charge < -0.3 is 0 Å². The molecule has 1 aliphatic carbocycles. The first kappa shape index (κ1) is 14.3. The lowest BCUT2D eigenvalue weighted by atomic mass is 9.71. The molecular formula is C19H23NO. The molecular weight excluding hydrogens is 258 g/mol. The van der Waals surface area contributed by atoms with E-state index in [1.54, 1.807) is 0 Å². The Labute approximate surface area is 127 Å². The van der Waals surface area contributed by atoms with Crippen LogP contribution in [0.25, 0.3) is 0 Å². The molecule has 0 bridgehead atoms. The van der Waals surface area contributed by atoms with Gasteiger partial charge in [0.2, 0.25) is 0 Å². The molecule has 0 saturated heterocycles. The summed E-state index contributed by atoms with van der Waals surface area (Å²) in [7, 11) is 0. The maximum absolute atomic E-state index is 5.80. The van der Waals surface area contributed by atoms with Crippen LogP contribution in [-0.4, -0.2) is 0 Å². The highest BCUT2D eigenvalue weighted by Gasteiger charge is 2.35. The molecule has 0 spiro atoms. The average Bonchev–Trinajstić information content (AvgIpc) is 2.50. The predicted octanol–water partition coefficient (Wildman–Crippen LogP) is 4.42. The quantitative estimate of drug-likeness (QED) is 0.838. The van der Waals surface area contributed by atoms with Gasteiger partial charge in [0.05, 0.1) is 12.6 Å². The van der Waals surface area contributed by atoms with Gasteiger partial charge in [-0.3, -0.25) is 4.84 Å². The summed E-state index contributed by atoms with van der Waals surface area (Å²) in [6.45, 7) is 5.22. The Bertz CT molecular complexity index is 592. The van der Waals surface area contributed by atoms with E-state index in [9.17, 15) is 0 Å². The molecule has 2 aromatic rings. The summed E-state index contributed by atoms with van der Waals surface area (Å²) in [6.07, 6.45) is 2.33. The monoisotopic (exact) mass is 281 g/mol. The molecule has 3 rings (SSSR count). The fourth-order valence-electron chi connectivity index (χ4n) is 3.07. The molecule has 1 N–H and O–H groups in total. The van der Waals surface area contributed by atoms with Gasteiger partial charge in [0.1, 0.15) is 0 Å². The van der Waals surface area contributed by atoms with Gasteiger partial charge in [-0.05, 0) is 34.9 Å². The first-order valence-electron chi connectivity index (χ1n) is 7.66. The van der Waals surface area contributed by atoms with Gasteiger partial charge in [0.25, 0.3) is 0 Å². The summed E-state index contributed by atoms with van der Waals surface area (Å²) in [6, 6.07) is 19.2. The summed E-state index contributed by atoms with van der Waals surface area (Å²) in [5, 5.41) is 0. The standard InChI is InChI=1S/C19H23NO/c1-19(2)13-12-16-10-6-7-11-17(16)18(19)20-21-14-15-8-4-3-5-9-15/h3-11,18,20H,12-14H2,1-2H3. The minimum absolute atomic E-state index is 0.199. The van der Waals surface area contributed by atoms with Crippen molar-refractivity contribution in [3.05, 3.63) is 71.3 Å². The second-order valence-electron chi connectivity index (χ2n) is 6.51. The molecule has 2 nitrogen and oxygen atoms in total. The normalized spacial score (nSPS) is 20.0. The van der Waals surface area contributed by atoms with Crippen LogP contribution in [0.3, 0.4) is 0 Å². The van der Waals surface area contributed by atoms with Gasteiger partial charge in [-0.15, -0.1) is 0 Å². The SMILES string of the molecule is CC1(C)CCc2ccccc2C1NOCc1ccccc1. The molecule has 1 unspecified atom stereocenters. The van der Waals surface area contributed by atoms with E-state index >= 15 is 0 Å². The summed E-state index contributed by atoms with van der Waals surface area (Å²) in [5.74, 6) is 0. The van der Waals surface area contributed by atoms with E-state index in [4.69, 9.17) is 4.84 Å². The van der Waals surface area contributed by atoms with E-state index < -0.39 is 0 Å². The Morgan fingerprint density at radius 3 is 2.57 bits per heavy atom. The topological polar surface area (TPSA) is 21.3 Å². The third-order valence-electron chi connectivity index (χ3n) is 4.47. The molecule has 1 aliphatic rings. The van der Waals surface area contributed by atoms with Crippen molar-refractivity contribution in [2.45, 2.75) is 39.3 Å². The maximum atomic E-state index is 5.80. The van der Waals surface area contributed by atoms with Crippen LogP contribution < -0.4 is 5.48 Å². The second-order valence-corrected chi connectivity index (χ2v) is 6.51. The molecule has 2 aromatic carbocycles. The van der Waals surface area contributed by atoms with Gasteiger partial charge in [0.15, 0.2) is 0 Å². The van der Waals surface area contributed by atoms with Crippen LogP contribution in [0.1, 0.15) is 43.0 Å². The van der Waals surface area contributed by atoms with Gasteiger partial charge in [0, 0.05) is 0 Å².